The minimum Gasteiger partial charge on any atom is -0.247 e. The largest absolute Gasteiger partial charge is 0.358 e. The number of nitriles is 1. The summed E-state index contributed by atoms with van der Waals surface area (Å²) in [5.41, 5.74) is 0. The first-order chi connectivity index (χ1) is 8.79. The minimum atomic E-state index is -0.538. The van der Waals surface area contributed by atoms with Gasteiger partial charge in [-0.1, -0.05) is 27.7 Å². The molecule has 5 nitrogen and oxygen atoms in total. The summed E-state index contributed by atoms with van der Waals surface area (Å²) >= 11 is 0. The van der Waals surface area contributed by atoms with Crippen LogP contribution in [0.25, 0.3) is 0 Å². The summed E-state index contributed by atoms with van der Waals surface area (Å²) in [4.78, 5) is 30.0. The zero-order valence-electron chi connectivity index (χ0n) is 12.3. The molecule has 1 aliphatic rings. The van der Waals surface area contributed by atoms with Crippen LogP contribution in [0, 0.1) is 35.0 Å². The number of carbonyl (C=O) groups is 2. The lowest BCUT2D eigenvalue weighted by Gasteiger charge is -2.05. The standard InChI is InChI=1S/C8H14O4.C6H9N/c1-5(2)7(9)11-12-8(10)6(3)4;1-5(4-7)6-2-3-6/h5-6H,1-4H3;5-6H,2-3H2,1H3. The van der Waals surface area contributed by atoms with Crippen LogP contribution in [0.1, 0.15) is 47.5 Å². The molecule has 0 heterocycles. The van der Waals surface area contributed by atoms with Crippen LogP contribution in [0.5, 0.6) is 0 Å². The summed E-state index contributed by atoms with van der Waals surface area (Å²) in [6.07, 6.45) is 2.57. The van der Waals surface area contributed by atoms with Gasteiger partial charge < -0.3 is 0 Å². The molecular formula is C14H23NO4. The number of carbonyl (C=O) groups excluding carboxylic acids is 2. The van der Waals surface area contributed by atoms with Crippen molar-refractivity contribution in [2.45, 2.75) is 47.5 Å². The van der Waals surface area contributed by atoms with Crippen LogP contribution in [0.3, 0.4) is 0 Å². The van der Waals surface area contributed by atoms with Crippen LogP contribution >= 0.6 is 0 Å². The van der Waals surface area contributed by atoms with Crippen LogP contribution in [-0.2, 0) is 19.4 Å². The predicted octanol–water partition coefficient (Wildman–Crippen LogP) is 2.86. The van der Waals surface area contributed by atoms with Gasteiger partial charge in [0.05, 0.1) is 17.9 Å². The maximum Gasteiger partial charge on any atom is 0.358 e. The van der Waals surface area contributed by atoms with E-state index in [4.69, 9.17) is 5.26 Å². The molecule has 0 bridgehead atoms. The monoisotopic (exact) mass is 269 g/mol. The lowest BCUT2D eigenvalue weighted by atomic mass is 10.1. The van der Waals surface area contributed by atoms with E-state index in [-0.39, 0.29) is 11.8 Å². The first-order valence-electron chi connectivity index (χ1n) is 6.61. The SMILES string of the molecule is CC(C#N)C1CC1.CC(C)C(=O)OOC(=O)C(C)C. The predicted molar refractivity (Wildman–Crippen MR) is 69.4 cm³/mol. The van der Waals surface area contributed by atoms with Crippen molar-refractivity contribution in [1.29, 1.82) is 5.26 Å². The summed E-state index contributed by atoms with van der Waals surface area (Å²) in [5.74, 6) is -0.576. The zero-order valence-corrected chi connectivity index (χ0v) is 12.3. The molecule has 1 aliphatic carbocycles. The van der Waals surface area contributed by atoms with E-state index in [1.54, 1.807) is 27.7 Å². The fourth-order valence-electron chi connectivity index (χ4n) is 0.976. The molecule has 0 aromatic carbocycles. The molecule has 1 unspecified atom stereocenters. The first kappa shape index (κ1) is 17.4. The van der Waals surface area contributed by atoms with Crippen molar-refractivity contribution in [3.8, 4) is 6.07 Å². The quantitative estimate of drug-likeness (QED) is 0.581. The van der Waals surface area contributed by atoms with E-state index >= 15 is 0 Å². The van der Waals surface area contributed by atoms with Gasteiger partial charge in [0.1, 0.15) is 0 Å². The molecule has 0 N–H and O–H groups in total. The van der Waals surface area contributed by atoms with Crippen molar-refractivity contribution in [3.63, 3.8) is 0 Å². The van der Waals surface area contributed by atoms with Gasteiger partial charge in [0.2, 0.25) is 0 Å². The molecule has 0 spiro atoms. The highest BCUT2D eigenvalue weighted by atomic mass is 17.2. The molecule has 0 radical (unpaired) electrons. The van der Waals surface area contributed by atoms with Crippen LogP contribution < -0.4 is 0 Å². The lowest BCUT2D eigenvalue weighted by Crippen LogP contribution is -2.18. The highest BCUT2D eigenvalue weighted by Gasteiger charge is 2.27. The molecular weight excluding hydrogens is 246 g/mol. The van der Waals surface area contributed by atoms with E-state index < -0.39 is 11.9 Å². The molecule has 1 rings (SSSR count). The van der Waals surface area contributed by atoms with Gasteiger partial charge >= 0.3 is 11.9 Å². The summed E-state index contributed by atoms with van der Waals surface area (Å²) in [6, 6.07) is 2.23. The number of nitrogens with zero attached hydrogens (tertiary/aromatic N) is 1. The summed E-state index contributed by atoms with van der Waals surface area (Å²) in [6.45, 7) is 8.63. The molecule has 1 saturated carbocycles. The zero-order chi connectivity index (χ0) is 15.0. The van der Waals surface area contributed by atoms with Crippen molar-refractivity contribution in [2.75, 3.05) is 0 Å². The van der Waals surface area contributed by atoms with Crippen LogP contribution in [-0.4, -0.2) is 11.9 Å². The Bertz CT molecular complexity index is 320. The van der Waals surface area contributed by atoms with Gasteiger partial charge in [-0.05, 0) is 25.7 Å². The minimum absolute atomic E-state index is 0.287. The van der Waals surface area contributed by atoms with Crippen molar-refractivity contribution >= 4 is 11.9 Å². The van der Waals surface area contributed by atoms with E-state index in [1.165, 1.54) is 12.8 Å². The second-order valence-corrected chi connectivity index (χ2v) is 5.37. The van der Waals surface area contributed by atoms with E-state index in [1.807, 2.05) is 6.92 Å². The lowest BCUT2D eigenvalue weighted by molar-refractivity contribution is -0.263. The average molecular weight is 269 g/mol. The third-order valence-electron chi connectivity index (χ3n) is 2.68. The summed E-state index contributed by atoms with van der Waals surface area (Å²) < 4.78 is 0. The molecule has 0 amide bonds. The summed E-state index contributed by atoms with van der Waals surface area (Å²) in [5, 5.41) is 8.30. The molecule has 1 atom stereocenters. The highest BCUT2D eigenvalue weighted by Crippen LogP contribution is 2.35. The third kappa shape index (κ3) is 8.20. The van der Waals surface area contributed by atoms with Gasteiger partial charge in [-0.25, -0.2) is 19.4 Å². The Labute approximate surface area is 114 Å². The van der Waals surface area contributed by atoms with Crippen molar-refractivity contribution < 1.29 is 19.4 Å². The van der Waals surface area contributed by atoms with Crippen LogP contribution in [0.4, 0.5) is 0 Å². The van der Waals surface area contributed by atoms with Gasteiger partial charge in [0.25, 0.3) is 0 Å². The fraction of sp³-hybridized carbons (Fsp3) is 0.786. The number of hydrogen-bond donors (Lipinski definition) is 0. The van der Waals surface area contributed by atoms with E-state index in [9.17, 15) is 9.59 Å². The molecule has 0 aliphatic heterocycles. The fourth-order valence-corrected chi connectivity index (χ4v) is 0.976. The average Bonchev–Trinajstić information content (AvgIpc) is 3.19. The Hall–Kier alpha value is -1.57. The van der Waals surface area contributed by atoms with Crippen molar-refractivity contribution in [3.05, 3.63) is 0 Å². The maximum atomic E-state index is 10.8. The van der Waals surface area contributed by atoms with Gasteiger partial charge in [-0.3, -0.25) is 0 Å². The second-order valence-electron chi connectivity index (χ2n) is 5.37. The Balaban J connectivity index is 0.000000388. The third-order valence-corrected chi connectivity index (χ3v) is 2.68. The topological polar surface area (TPSA) is 76.4 Å². The molecule has 1 fully saturated rings. The van der Waals surface area contributed by atoms with Gasteiger partial charge in [0.15, 0.2) is 0 Å². The maximum absolute atomic E-state index is 10.8. The summed E-state index contributed by atoms with van der Waals surface area (Å²) in [7, 11) is 0. The molecule has 5 heteroatoms. The van der Waals surface area contributed by atoms with Crippen molar-refractivity contribution in [2.24, 2.45) is 23.7 Å². The molecule has 0 aromatic heterocycles. The number of hydrogen-bond acceptors (Lipinski definition) is 5. The second kappa shape index (κ2) is 8.52. The molecule has 108 valence electrons. The smallest absolute Gasteiger partial charge is 0.247 e. The van der Waals surface area contributed by atoms with Crippen molar-refractivity contribution in [1.82, 2.24) is 0 Å². The Morgan fingerprint density at radius 1 is 1.00 bits per heavy atom. The van der Waals surface area contributed by atoms with E-state index in [2.05, 4.69) is 15.8 Å². The molecule has 19 heavy (non-hydrogen) atoms. The van der Waals surface area contributed by atoms with E-state index in [0.717, 1.165) is 5.92 Å². The normalized spacial score (nSPS) is 15.1. The van der Waals surface area contributed by atoms with E-state index in [0.29, 0.717) is 5.92 Å². The Morgan fingerprint density at radius 2 is 1.37 bits per heavy atom. The molecule has 0 saturated heterocycles. The highest BCUT2D eigenvalue weighted by molar-refractivity contribution is 5.74. The number of rotatable bonds is 3. The van der Waals surface area contributed by atoms with Gasteiger partial charge in [-0.2, -0.15) is 5.26 Å². The van der Waals surface area contributed by atoms with Crippen LogP contribution in [0.2, 0.25) is 0 Å². The Kier molecular flexibility index (Phi) is 7.81. The first-order valence-corrected chi connectivity index (χ1v) is 6.61. The molecule has 0 aromatic rings. The van der Waals surface area contributed by atoms with Gasteiger partial charge in [-0.15, -0.1) is 0 Å². The van der Waals surface area contributed by atoms with Gasteiger partial charge in [0, 0.05) is 5.92 Å². The van der Waals surface area contributed by atoms with Crippen LogP contribution in [0.15, 0.2) is 0 Å². The Morgan fingerprint density at radius 3 is 1.53 bits per heavy atom.